The molecule has 0 fully saturated rings. The number of rotatable bonds is 9. The monoisotopic (exact) mass is 602 g/mol. The zero-order chi connectivity index (χ0) is 30.3. The van der Waals surface area contributed by atoms with Gasteiger partial charge in [-0.3, -0.25) is 14.5 Å². The Hall–Kier alpha value is -3.87. The maximum Gasteiger partial charge on any atom is 0.274 e. The van der Waals surface area contributed by atoms with Crippen molar-refractivity contribution in [1.82, 2.24) is 14.8 Å². The summed E-state index contributed by atoms with van der Waals surface area (Å²) in [6.45, 7) is 1.63. The van der Waals surface area contributed by atoms with Crippen molar-refractivity contribution < 1.29 is 32.2 Å². The molecule has 0 radical (unpaired) electrons. The third kappa shape index (κ3) is 4.65. The van der Waals surface area contributed by atoms with Crippen LogP contribution >= 0.6 is 11.6 Å². The van der Waals surface area contributed by atoms with Crippen molar-refractivity contribution in [2.75, 3.05) is 46.8 Å². The Morgan fingerprint density at radius 1 is 1.00 bits per heavy atom. The molecule has 2 atom stereocenters. The van der Waals surface area contributed by atoms with Crippen LogP contribution < -0.4 is 18.5 Å². The molecule has 1 aromatic heterocycles. The molecule has 1 unspecified atom stereocenters. The lowest BCUT2D eigenvalue weighted by Gasteiger charge is -2.41. The van der Waals surface area contributed by atoms with Gasteiger partial charge >= 0.3 is 0 Å². The van der Waals surface area contributed by atoms with Crippen molar-refractivity contribution in [3.8, 4) is 17.4 Å². The number of benzene rings is 2. The molecule has 41 heavy (non-hydrogen) atoms. The number of nitrogens with zero attached hydrogens (tertiary/aromatic N) is 4. The van der Waals surface area contributed by atoms with E-state index >= 15 is 0 Å². The van der Waals surface area contributed by atoms with E-state index in [0.29, 0.717) is 5.75 Å². The summed E-state index contributed by atoms with van der Waals surface area (Å²) in [6, 6.07) is 11.0. The highest BCUT2D eigenvalue weighted by atomic mass is 35.5. The van der Waals surface area contributed by atoms with E-state index in [9.17, 15) is 18.0 Å². The number of ether oxygens (including phenoxy) is 3. The summed E-state index contributed by atoms with van der Waals surface area (Å²) in [6.07, 6.45) is 1.49. The minimum atomic E-state index is -4.60. The van der Waals surface area contributed by atoms with Gasteiger partial charge in [-0.1, -0.05) is 11.6 Å². The average molecular weight is 603 g/mol. The molecule has 0 saturated heterocycles. The van der Waals surface area contributed by atoms with Gasteiger partial charge in [-0.25, -0.2) is 17.7 Å². The molecule has 3 aromatic rings. The highest BCUT2D eigenvalue weighted by Gasteiger charge is 2.61. The molecule has 0 aliphatic carbocycles. The van der Waals surface area contributed by atoms with Crippen LogP contribution in [-0.2, 0) is 25.2 Å². The number of pyridine rings is 1. The van der Waals surface area contributed by atoms with Gasteiger partial charge in [-0.05, 0) is 56.4 Å². The van der Waals surface area contributed by atoms with Gasteiger partial charge in [0.25, 0.3) is 15.9 Å². The first-order valence-electron chi connectivity index (χ1n) is 12.4. The molecule has 0 bridgehead atoms. The van der Waals surface area contributed by atoms with Crippen molar-refractivity contribution in [1.29, 1.82) is 0 Å². The second-order valence-corrected chi connectivity index (χ2v) is 11.7. The van der Waals surface area contributed by atoms with E-state index in [1.807, 2.05) is 0 Å². The molecule has 2 heterocycles. The molecule has 2 amide bonds. The van der Waals surface area contributed by atoms with Crippen LogP contribution in [0.25, 0.3) is 0 Å². The lowest BCUT2D eigenvalue weighted by molar-refractivity contribution is -0.138. The summed E-state index contributed by atoms with van der Waals surface area (Å²) in [5, 5.41) is 0.255. The van der Waals surface area contributed by atoms with E-state index in [1.54, 1.807) is 40.2 Å². The predicted molar refractivity (Wildman–Crippen MR) is 153 cm³/mol. The van der Waals surface area contributed by atoms with Crippen molar-refractivity contribution in [3.05, 3.63) is 70.9 Å². The molecule has 0 spiro atoms. The molecule has 0 N–H and O–H groups in total. The maximum absolute atomic E-state index is 14.9. The fourth-order valence-corrected chi connectivity index (χ4v) is 6.90. The van der Waals surface area contributed by atoms with Crippen molar-refractivity contribution in [3.63, 3.8) is 0 Å². The number of sulfonamides is 1. The number of aromatic nitrogens is 1. The number of halogens is 1. The average Bonchev–Trinajstić information content (AvgIpc) is 3.23. The van der Waals surface area contributed by atoms with Crippen LogP contribution in [0.15, 0.2) is 59.6 Å². The number of carbonyl (C=O) groups is 2. The van der Waals surface area contributed by atoms with E-state index in [1.165, 1.54) is 73.7 Å². The molecular weight excluding hydrogens is 572 g/mol. The standard InChI is InChI=1S/C28H31ClN4O7S/c1-17(26(34)31(2)3)32(4)28(20-9-8-14-30-25(20)40-7)21-15-18(29)10-12-22(21)33(27(28)35)41(36,37)24-13-11-19(38-5)16-23(24)39-6/h8-17H,1-7H3/t17-,28?/m0/s1. The number of likely N-dealkylation sites (N-methyl/N-ethyl adjacent to an activating group) is 2. The molecule has 4 rings (SSSR count). The minimum absolute atomic E-state index is 0.0198. The zero-order valence-corrected chi connectivity index (χ0v) is 25.3. The summed E-state index contributed by atoms with van der Waals surface area (Å²) in [5.74, 6) is -0.770. The Labute approximate surface area is 244 Å². The van der Waals surface area contributed by atoms with Crippen LogP contribution in [0, 0.1) is 0 Å². The summed E-state index contributed by atoms with van der Waals surface area (Å²) < 4.78 is 45.7. The topological polar surface area (TPSA) is 119 Å². The zero-order valence-electron chi connectivity index (χ0n) is 23.7. The second-order valence-electron chi connectivity index (χ2n) is 9.54. The number of amides is 2. The van der Waals surface area contributed by atoms with Gasteiger partial charge in [0.15, 0.2) is 5.54 Å². The number of hydrogen-bond donors (Lipinski definition) is 0. The second kappa shape index (κ2) is 11.2. The number of methoxy groups -OCH3 is 3. The maximum atomic E-state index is 14.9. The minimum Gasteiger partial charge on any atom is -0.497 e. The Morgan fingerprint density at radius 2 is 1.71 bits per heavy atom. The summed E-state index contributed by atoms with van der Waals surface area (Å²) in [4.78, 5) is 35.1. The van der Waals surface area contributed by atoms with E-state index in [2.05, 4.69) is 4.98 Å². The molecule has 0 saturated carbocycles. The predicted octanol–water partition coefficient (Wildman–Crippen LogP) is 3.15. The van der Waals surface area contributed by atoms with Crippen LogP contribution in [0.3, 0.4) is 0 Å². The summed E-state index contributed by atoms with van der Waals surface area (Å²) >= 11 is 6.46. The molecule has 13 heteroatoms. The van der Waals surface area contributed by atoms with Gasteiger partial charge in [0.2, 0.25) is 11.8 Å². The fraction of sp³-hybridized carbons (Fsp3) is 0.321. The first-order valence-corrected chi connectivity index (χ1v) is 14.2. The normalized spacial score (nSPS) is 17.3. The number of fused-ring (bicyclic) bond motifs is 1. The third-order valence-electron chi connectivity index (χ3n) is 7.21. The summed E-state index contributed by atoms with van der Waals surface area (Å²) in [5.41, 5.74) is -1.37. The van der Waals surface area contributed by atoms with Gasteiger partial charge < -0.3 is 19.1 Å². The van der Waals surface area contributed by atoms with Gasteiger partial charge in [-0.15, -0.1) is 0 Å². The fourth-order valence-electron chi connectivity index (χ4n) is 5.12. The van der Waals surface area contributed by atoms with Crippen molar-refractivity contribution in [2.24, 2.45) is 0 Å². The largest absolute Gasteiger partial charge is 0.497 e. The Balaban J connectivity index is 2.10. The van der Waals surface area contributed by atoms with Crippen LogP contribution in [0.5, 0.6) is 17.4 Å². The van der Waals surface area contributed by atoms with Gasteiger partial charge in [-0.2, -0.15) is 0 Å². The van der Waals surface area contributed by atoms with Gasteiger partial charge in [0.05, 0.1) is 33.1 Å². The highest BCUT2D eigenvalue weighted by Crippen LogP contribution is 2.53. The molecular formula is C28H31ClN4O7S. The molecule has 1 aliphatic rings. The molecule has 2 aromatic carbocycles. The first-order chi connectivity index (χ1) is 19.4. The Kier molecular flexibility index (Phi) is 8.21. The van der Waals surface area contributed by atoms with Crippen LogP contribution in [0.4, 0.5) is 5.69 Å². The molecule has 218 valence electrons. The van der Waals surface area contributed by atoms with E-state index in [4.69, 9.17) is 25.8 Å². The van der Waals surface area contributed by atoms with E-state index < -0.39 is 27.5 Å². The van der Waals surface area contributed by atoms with Crippen molar-refractivity contribution >= 4 is 39.1 Å². The van der Waals surface area contributed by atoms with E-state index in [0.717, 1.165) is 4.31 Å². The molecule has 1 aliphatic heterocycles. The lowest BCUT2D eigenvalue weighted by atomic mass is 9.81. The highest BCUT2D eigenvalue weighted by molar-refractivity contribution is 7.93. The smallest absolute Gasteiger partial charge is 0.274 e. The number of carbonyl (C=O) groups excluding carboxylic acids is 2. The van der Waals surface area contributed by atoms with Crippen molar-refractivity contribution in [2.45, 2.75) is 23.4 Å². The summed E-state index contributed by atoms with van der Waals surface area (Å²) in [7, 11) is 4.32. The van der Waals surface area contributed by atoms with Crippen LogP contribution in [0.1, 0.15) is 18.1 Å². The first kappa shape index (κ1) is 30.1. The Morgan fingerprint density at radius 3 is 2.32 bits per heavy atom. The van der Waals surface area contributed by atoms with Gasteiger partial charge in [0, 0.05) is 42.5 Å². The van der Waals surface area contributed by atoms with Crippen LogP contribution in [-0.4, -0.2) is 83.5 Å². The number of anilines is 1. The number of hydrogen-bond acceptors (Lipinski definition) is 9. The quantitative estimate of drug-likeness (QED) is 0.364. The Bertz CT molecular complexity index is 1610. The SMILES string of the molecule is COc1ccc(S(=O)(=O)N2C(=O)C(c3cccnc3OC)(N(C)[C@@H](C)C(=O)N(C)C)c3cc(Cl)ccc32)c(OC)c1. The van der Waals surface area contributed by atoms with E-state index in [-0.39, 0.29) is 44.3 Å². The third-order valence-corrected chi connectivity index (χ3v) is 9.18. The van der Waals surface area contributed by atoms with Crippen LogP contribution in [0.2, 0.25) is 5.02 Å². The van der Waals surface area contributed by atoms with Gasteiger partial charge in [0.1, 0.15) is 16.4 Å². The molecule has 11 nitrogen and oxygen atoms in total. The lowest BCUT2D eigenvalue weighted by Crippen LogP contribution is -2.59.